The van der Waals surface area contributed by atoms with Crippen molar-refractivity contribution in [2.45, 2.75) is 6.92 Å². The van der Waals surface area contributed by atoms with Crippen molar-refractivity contribution in [2.75, 3.05) is 11.9 Å². The molecule has 0 spiro atoms. The maximum atomic E-state index is 12.1. The predicted octanol–water partition coefficient (Wildman–Crippen LogP) is 1.98. The zero-order valence-corrected chi connectivity index (χ0v) is 11.6. The molecule has 21 heavy (non-hydrogen) atoms. The summed E-state index contributed by atoms with van der Waals surface area (Å²) in [5.74, 6) is -0.0926. The van der Waals surface area contributed by atoms with Gasteiger partial charge in [0.25, 0.3) is 11.6 Å². The number of aryl methyl sites for hydroxylation is 1. The van der Waals surface area contributed by atoms with Crippen molar-refractivity contribution in [2.24, 2.45) is 7.05 Å². The molecule has 0 bridgehead atoms. The Kier molecular flexibility index (Phi) is 4.17. The second kappa shape index (κ2) is 6.04. The topological polar surface area (TPSA) is 99.3 Å². The summed E-state index contributed by atoms with van der Waals surface area (Å²) in [4.78, 5) is 22.6. The van der Waals surface area contributed by atoms with E-state index in [1.165, 1.54) is 29.1 Å². The highest BCUT2D eigenvalue weighted by Gasteiger charge is 2.19. The number of nitrogens with zero attached hydrogens (tertiary/aromatic N) is 3. The molecule has 0 atom stereocenters. The lowest BCUT2D eigenvalue weighted by Crippen LogP contribution is -2.16. The molecule has 0 aliphatic rings. The molecule has 0 fully saturated rings. The smallest absolute Gasteiger partial charge is 0.296 e. The Morgan fingerprint density at radius 3 is 2.81 bits per heavy atom. The molecule has 110 valence electrons. The Morgan fingerprint density at radius 2 is 2.24 bits per heavy atom. The first-order chi connectivity index (χ1) is 10.0. The number of carbonyl (C=O) groups excluding carboxylic acids is 1. The number of hydrogen-bond donors (Lipinski definition) is 1. The van der Waals surface area contributed by atoms with E-state index in [1.54, 1.807) is 20.0 Å². The Labute approximate surface area is 120 Å². The van der Waals surface area contributed by atoms with E-state index in [4.69, 9.17) is 4.74 Å². The molecule has 0 radical (unpaired) electrons. The van der Waals surface area contributed by atoms with Crippen molar-refractivity contribution in [1.29, 1.82) is 0 Å². The standard InChI is InChI=1S/C13H14N4O4/c1-3-21-9-4-5-10(12(8-9)17(19)20)15-13(18)11-6-7-14-16(11)2/h4-8H,3H2,1-2H3,(H,15,18). The molecular formula is C13H14N4O4. The molecular weight excluding hydrogens is 276 g/mol. The van der Waals surface area contributed by atoms with E-state index in [9.17, 15) is 14.9 Å². The van der Waals surface area contributed by atoms with Crippen molar-refractivity contribution in [3.05, 3.63) is 46.3 Å². The van der Waals surface area contributed by atoms with Crippen LogP contribution in [-0.4, -0.2) is 27.2 Å². The van der Waals surface area contributed by atoms with Crippen molar-refractivity contribution in [1.82, 2.24) is 9.78 Å². The van der Waals surface area contributed by atoms with Crippen molar-refractivity contribution < 1.29 is 14.5 Å². The predicted molar refractivity (Wildman–Crippen MR) is 75.4 cm³/mol. The number of anilines is 1. The van der Waals surface area contributed by atoms with Gasteiger partial charge in [-0.25, -0.2) is 0 Å². The van der Waals surface area contributed by atoms with Crippen LogP contribution in [0.1, 0.15) is 17.4 Å². The van der Waals surface area contributed by atoms with Crippen LogP contribution in [0.15, 0.2) is 30.5 Å². The number of amides is 1. The third-order valence-electron chi connectivity index (χ3n) is 2.78. The van der Waals surface area contributed by atoms with Gasteiger partial charge in [-0.05, 0) is 25.1 Å². The van der Waals surface area contributed by atoms with Crippen LogP contribution >= 0.6 is 0 Å². The number of carbonyl (C=O) groups is 1. The highest BCUT2D eigenvalue weighted by molar-refractivity contribution is 6.04. The number of nitrogens with one attached hydrogen (secondary N) is 1. The lowest BCUT2D eigenvalue weighted by atomic mass is 10.2. The summed E-state index contributed by atoms with van der Waals surface area (Å²) >= 11 is 0. The van der Waals surface area contributed by atoms with E-state index in [0.717, 1.165) is 0 Å². The lowest BCUT2D eigenvalue weighted by molar-refractivity contribution is -0.384. The molecule has 0 aliphatic heterocycles. The van der Waals surface area contributed by atoms with Gasteiger partial charge in [0.15, 0.2) is 0 Å². The molecule has 0 saturated heterocycles. The average Bonchev–Trinajstić information content (AvgIpc) is 2.87. The molecule has 8 nitrogen and oxygen atoms in total. The van der Waals surface area contributed by atoms with E-state index in [2.05, 4.69) is 10.4 Å². The molecule has 2 rings (SSSR count). The molecule has 1 N–H and O–H groups in total. The third kappa shape index (κ3) is 3.16. The highest BCUT2D eigenvalue weighted by atomic mass is 16.6. The van der Waals surface area contributed by atoms with Crippen LogP contribution in [0.3, 0.4) is 0 Å². The molecule has 1 heterocycles. The van der Waals surface area contributed by atoms with E-state index in [0.29, 0.717) is 18.1 Å². The monoisotopic (exact) mass is 290 g/mol. The summed E-state index contributed by atoms with van der Waals surface area (Å²) in [5, 5.41) is 17.5. The molecule has 1 aromatic carbocycles. The summed E-state index contributed by atoms with van der Waals surface area (Å²) < 4.78 is 6.60. The first-order valence-corrected chi connectivity index (χ1v) is 6.23. The first-order valence-electron chi connectivity index (χ1n) is 6.23. The van der Waals surface area contributed by atoms with Crippen LogP contribution < -0.4 is 10.1 Å². The van der Waals surface area contributed by atoms with E-state index in [-0.39, 0.29) is 11.4 Å². The summed E-state index contributed by atoms with van der Waals surface area (Å²) in [7, 11) is 1.61. The van der Waals surface area contributed by atoms with Crippen molar-refractivity contribution in [3.8, 4) is 5.75 Å². The summed E-state index contributed by atoms with van der Waals surface area (Å²) in [6, 6.07) is 5.81. The van der Waals surface area contributed by atoms with E-state index < -0.39 is 10.8 Å². The number of nitro groups is 1. The van der Waals surface area contributed by atoms with Gasteiger partial charge in [-0.2, -0.15) is 5.10 Å². The molecule has 0 aliphatic carbocycles. The quantitative estimate of drug-likeness (QED) is 0.670. The van der Waals surface area contributed by atoms with Crippen molar-refractivity contribution >= 4 is 17.3 Å². The van der Waals surface area contributed by atoms with Gasteiger partial charge in [-0.15, -0.1) is 0 Å². The normalized spacial score (nSPS) is 10.2. The molecule has 0 saturated carbocycles. The van der Waals surface area contributed by atoms with Gasteiger partial charge in [0, 0.05) is 13.2 Å². The second-order valence-electron chi connectivity index (χ2n) is 4.16. The van der Waals surface area contributed by atoms with Crippen LogP contribution in [0.5, 0.6) is 5.75 Å². The number of nitro benzene ring substituents is 1. The second-order valence-corrected chi connectivity index (χ2v) is 4.16. The number of aromatic nitrogens is 2. The lowest BCUT2D eigenvalue weighted by Gasteiger charge is -2.08. The Morgan fingerprint density at radius 1 is 1.48 bits per heavy atom. The Balaban J connectivity index is 2.29. The molecule has 1 amide bonds. The highest BCUT2D eigenvalue weighted by Crippen LogP contribution is 2.29. The molecule has 2 aromatic rings. The minimum atomic E-state index is -0.568. The minimum absolute atomic E-state index is 0.106. The van der Waals surface area contributed by atoms with Crippen molar-refractivity contribution in [3.63, 3.8) is 0 Å². The van der Waals surface area contributed by atoms with Gasteiger partial charge in [-0.3, -0.25) is 19.6 Å². The van der Waals surface area contributed by atoms with Gasteiger partial charge in [0.1, 0.15) is 17.1 Å². The zero-order chi connectivity index (χ0) is 15.4. The van der Waals surface area contributed by atoms with E-state index in [1.807, 2.05) is 0 Å². The fraction of sp³-hybridized carbons (Fsp3) is 0.231. The number of hydrogen-bond acceptors (Lipinski definition) is 5. The Bertz CT molecular complexity index is 681. The summed E-state index contributed by atoms with van der Waals surface area (Å²) in [6.07, 6.45) is 1.47. The fourth-order valence-corrected chi connectivity index (χ4v) is 1.81. The third-order valence-corrected chi connectivity index (χ3v) is 2.78. The maximum Gasteiger partial charge on any atom is 0.296 e. The molecule has 1 aromatic heterocycles. The van der Waals surface area contributed by atoms with Gasteiger partial charge < -0.3 is 10.1 Å². The van der Waals surface area contributed by atoms with Crippen LogP contribution in [0.25, 0.3) is 0 Å². The summed E-state index contributed by atoms with van der Waals surface area (Å²) in [6.45, 7) is 2.18. The average molecular weight is 290 g/mol. The molecule has 0 unspecified atom stereocenters. The first kappa shape index (κ1) is 14.5. The largest absolute Gasteiger partial charge is 0.494 e. The number of benzene rings is 1. The fourth-order valence-electron chi connectivity index (χ4n) is 1.81. The maximum absolute atomic E-state index is 12.1. The van der Waals surface area contributed by atoms with Crippen LogP contribution in [0, 0.1) is 10.1 Å². The minimum Gasteiger partial charge on any atom is -0.494 e. The van der Waals surface area contributed by atoms with Crippen LogP contribution in [0.2, 0.25) is 0 Å². The number of rotatable bonds is 5. The number of ether oxygens (including phenoxy) is 1. The SMILES string of the molecule is CCOc1ccc(NC(=O)c2ccnn2C)c([N+](=O)[O-])c1. The van der Waals surface area contributed by atoms with Crippen LogP contribution in [-0.2, 0) is 7.05 Å². The van der Waals surface area contributed by atoms with Gasteiger partial charge in [-0.1, -0.05) is 0 Å². The molecule has 8 heteroatoms. The summed E-state index contributed by atoms with van der Waals surface area (Å²) in [5.41, 5.74) is 0.185. The van der Waals surface area contributed by atoms with Gasteiger partial charge >= 0.3 is 0 Å². The van der Waals surface area contributed by atoms with E-state index >= 15 is 0 Å². The zero-order valence-electron chi connectivity index (χ0n) is 11.6. The van der Waals surface area contributed by atoms with Gasteiger partial charge in [0.2, 0.25) is 0 Å². The van der Waals surface area contributed by atoms with Gasteiger partial charge in [0.05, 0.1) is 17.6 Å². The van der Waals surface area contributed by atoms with Crippen LogP contribution in [0.4, 0.5) is 11.4 Å². The Hall–Kier alpha value is -2.90.